The van der Waals surface area contributed by atoms with Crippen LogP contribution in [0, 0.1) is 0 Å². The number of amides is 1. The molecular formula is C13H16BrNO4S. The fraction of sp³-hybridized carbons (Fsp3) is 0.538. The first kappa shape index (κ1) is 15.5. The molecule has 1 aromatic rings. The first-order valence-corrected chi connectivity index (χ1v) is 7.95. The zero-order valence-electron chi connectivity index (χ0n) is 11.0. The molecule has 2 unspecified atom stereocenters. The summed E-state index contributed by atoms with van der Waals surface area (Å²) >= 11 is 4.93. The number of ether oxygens (including phenoxy) is 1. The van der Waals surface area contributed by atoms with Crippen LogP contribution in [0.1, 0.15) is 24.1 Å². The third-order valence-electron chi connectivity index (χ3n) is 3.24. The number of thiophene rings is 1. The molecule has 2 rings (SSSR count). The zero-order valence-corrected chi connectivity index (χ0v) is 13.4. The number of morpholine rings is 1. The van der Waals surface area contributed by atoms with Gasteiger partial charge in [0.05, 0.1) is 28.8 Å². The highest BCUT2D eigenvalue weighted by atomic mass is 79.9. The largest absolute Gasteiger partial charge is 0.481 e. The van der Waals surface area contributed by atoms with Crippen molar-refractivity contribution in [3.05, 3.63) is 20.8 Å². The van der Waals surface area contributed by atoms with E-state index >= 15 is 0 Å². The van der Waals surface area contributed by atoms with Gasteiger partial charge in [0, 0.05) is 18.0 Å². The van der Waals surface area contributed by atoms with Gasteiger partial charge in [0.1, 0.15) is 0 Å². The first-order valence-electron chi connectivity index (χ1n) is 6.34. The lowest BCUT2D eigenvalue weighted by molar-refractivity contribution is -0.148. The van der Waals surface area contributed by atoms with Crippen molar-refractivity contribution in [1.29, 1.82) is 0 Å². The van der Waals surface area contributed by atoms with Crippen LogP contribution in [0.5, 0.6) is 0 Å². The van der Waals surface area contributed by atoms with Crippen LogP contribution in [0.3, 0.4) is 0 Å². The van der Waals surface area contributed by atoms with Crippen LogP contribution >= 0.6 is 27.3 Å². The normalized spacial score (nSPS) is 20.7. The van der Waals surface area contributed by atoms with Crippen molar-refractivity contribution in [2.45, 2.75) is 25.4 Å². The summed E-state index contributed by atoms with van der Waals surface area (Å²) in [6.45, 7) is 3.14. The number of carbonyl (C=O) groups excluding carboxylic acids is 1. The van der Waals surface area contributed by atoms with Gasteiger partial charge in [0.2, 0.25) is 5.91 Å². The molecule has 1 amide bonds. The smallest absolute Gasteiger partial charge is 0.306 e. The van der Waals surface area contributed by atoms with Gasteiger partial charge in [-0.15, -0.1) is 11.3 Å². The van der Waals surface area contributed by atoms with Gasteiger partial charge in [-0.3, -0.25) is 9.59 Å². The maximum absolute atomic E-state index is 12.5. The first-order chi connectivity index (χ1) is 9.47. The molecule has 1 aliphatic rings. The second-order valence-electron chi connectivity index (χ2n) is 4.74. The van der Waals surface area contributed by atoms with Gasteiger partial charge in [0.15, 0.2) is 0 Å². The van der Waals surface area contributed by atoms with Gasteiger partial charge in [-0.1, -0.05) is 0 Å². The van der Waals surface area contributed by atoms with E-state index in [1.54, 1.807) is 16.2 Å². The van der Waals surface area contributed by atoms with Crippen LogP contribution < -0.4 is 0 Å². The molecule has 5 nitrogen and oxygen atoms in total. The Morgan fingerprint density at radius 2 is 2.35 bits per heavy atom. The average molecular weight is 362 g/mol. The number of hydrogen-bond donors (Lipinski definition) is 1. The Morgan fingerprint density at radius 1 is 1.60 bits per heavy atom. The minimum Gasteiger partial charge on any atom is -0.481 e. The topological polar surface area (TPSA) is 66.8 Å². The minimum atomic E-state index is -0.903. The van der Waals surface area contributed by atoms with Gasteiger partial charge in [-0.05, 0) is 35.0 Å². The van der Waals surface area contributed by atoms with Crippen LogP contribution in [0.15, 0.2) is 15.9 Å². The van der Waals surface area contributed by atoms with E-state index in [1.165, 1.54) is 0 Å². The minimum absolute atomic E-state index is 0.0260. The monoisotopic (exact) mass is 361 g/mol. The van der Waals surface area contributed by atoms with E-state index in [0.717, 1.165) is 8.66 Å². The molecule has 0 spiro atoms. The number of carbonyl (C=O) groups is 2. The third-order valence-corrected chi connectivity index (χ3v) is 5.05. The summed E-state index contributed by atoms with van der Waals surface area (Å²) in [6, 6.07) is 3.86. The second kappa shape index (κ2) is 6.69. The Morgan fingerprint density at radius 3 is 2.95 bits per heavy atom. The molecule has 0 bridgehead atoms. The molecule has 0 saturated carbocycles. The lowest BCUT2D eigenvalue weighted by atomic mass is 10.1. The third kappa shape index (κ3) is 3.80. The summed E-state index contributed by atoms with van der Waals surface area (Å²) in [4.78, 5) is 25.9. The summed E-state index contributed by atoms with van der Waals surface area (Å²) in [5.41, 5.74) is 0. The Balaban J connectivity index is 1.99. The second-order valence-corrected chi connectivity index (χ2v) is 7.23. The van der Waals surface area contributed by atoms with Crippen molar-refractivity contribution in [3.63, 3.8) is 0 Å². The van der Waals surface area contributed by atoms with Gasteiger partial charge < -0.3 is 14.7 Å². The fourth-order valence-corrected chi connectivity index (χ4v) is 3.66. The molecule has 20 heavy (non-hydrogen) atoms. The fourth-order valence-electron chi connectivity index (χ4n) is 2.19. The lowest BCUT2D eigenvalue weighted by Gasteiger charge is -2.33. The van der Waals surface area contributed by atoms with Crippen molar-refractivity contribution in [2.75, 3.05) is 19.7 Å². The van der Waals surface area contributed by atoms with Crippen molar-refractivity contribution in [1.82, 2.24) is 4.90 Å². The number of carboxylic acid groups (broad SMARTS) is 1. The van der Waals surface area contributed by atoms with Crippen LogP contribution in [0.25, 0.3) is 0 Å². The van der Waals surface area contributed by atoms with Gasteiger partial charge in [-0.25, -0.2) is 0 Å². The van der Waals surface area contributed by atoms with E-state index in [0.29, 0.717) is 19.7 Å². The standard InChI is InChI=1S/C13H16BrNO4S/c1-8(10-2-3-11(14)20-10)13(18)15-4-5-19-9(7-15)6-12(16)17/h2-3,8-9H,4-7H2,1H3,(H,16,17). The Hall–Kier alpha value is -0.920. The summed E-state index contributed by atoms with van der Waals surface area (Å²) in [5.74, 6) is -1.09. The maximum Gasteiger partial charge on any atom is 0.306 e. The van der Waals surface area contributed by atoms with E-state index in [-0.39, 0.29) is 18.2 Å². The predicted octanol–water partition coefficient (Wildman–Crippen LogP) is 2.32. The Kier molecular flexibility index (Phi) is 5.17. The molecule has 7 heteroatoms. The van der Waals surface area contributed by atoms with Crippen LogP contribution in [0.4, 0.5) is 0 Å². The molecule has 1 N–H and O–H groups in total. The zero-order chi connectivity index (χ0) is 14.7. The van der Waals surface area contributed by atoms with Gasteiger partial charge >= 0.3 is 5.97 Å². The molecule has 0 aromatic carbocycles. The molecule has 0 aliphatic carbocycles. The highest BCUT2D eigenvalue weighted by Crippen LogP contribution is 2.30. The molecular weight excluding hydrogens is 346 g/mol. The molecule has 1 aliphatic heterocycles. The summed E-state index contributed by atoms with van der Waals surface area (Å²) in [6.07, 6.45) is -0.477. The van der Waals surface area contributed by atoms with E-state index in [9.17, 15) is 9.59 Å². The van der Waals surface area contributed by atoms with Crippen LogP contribution in [0.2, 0.25) is 0 Å². The summed E-state index contributed by atoms with van der Waals surface area (Å²) < 4.78 is 6.38. The molecule has 2 heterocycles. The highest BCUT2D eigenvalue weighted by molar-refractivity contribution is 9.11. The van der Waals surface area contributed by atoms with Crippen LogP contribution in [-0.2, 0) is 14.3 Å². The predicted molar refractivity (Wildman–Crippen MR) is 79.0 cm³/mol. The van der Waals surface area contributed by atoms with Crippen molar-refractivity contribution >= 4 is 39.1 Å². The number of hydrogen-bond acceptors (Lipinski definition) is 4. The van der Waals surface area contributed by atoms with Crippen LogP contribution in [-0.4, -0.2) is 47.7 Å². The Bertz CT molecular complexity index is 504. The molecule has 2 atom stereocenters. The average Bonchev–Trinajstić information content (AvgIpc) is 2.83. The number of halogens is 1. The molecule has 110 valence electrons. The molecule has 1 saturated heterocycles. The summed E-state index contributed by atoms with van der Waals surface area (Å²) in [5, 5.41) is 8.79. The number of nitrogens with zero attached hydrogens (tertiary/aromatic N) is 1. The SMILES string of the molecule is CC(C(=O)N1CCOC(CC(=O)O)C1)c1ccc(Br)s1. The maximum atomic E-state index is 12.5. The quantitative estimate of drug-likeness (QED) is 0.893. The van der Waals surface area contributed by atoms with Crippen molar-refractivity contribution < 1.29 is 19.4 Å². The Labute approximate surface area is 129 Å². The molecule has 1 fully saturated rings. The van der Waals surface area contributed by atoms with E-state index in [2.05, 4.69) is 15.9 Å². The highest BCUT2D eigenvalue weighted by Gasteiger charge is 2.29. The summed E-state index contributed by atoms with van der Waals surface area (Å²) in [7, 11) is 0. The van der Waals surface area contributed by atoms with Gasteiger partial charge in [0.25, 0.3) is 0 Å². The van der Waals surface area contributed by atoms with E-state index in [1.807, 2.05) is 19.1 Å². The van der Waals surface area contributed by atoms with E-state index < -0.39 is 12.1 Å². The lowest BCUT2D eigenvalue weighted by Crippen LogP contribution is -2.47. The molecule has 1 aromatic heterocycles. The number of aliphatic carboxylic acids is 1. The number of rotatable bonds is 4. The van der Waals surface area contributed by atoms with Crippen molar-refractivity contribution in [2.24, 2.45) is 0 Å². The van der Waals surface area contributed by atoms with Gasteiger partial charge in [-0.2, -0.15) is 0 Å². The van der Waals surface area contributed by atoms with E-state index in [4.69, 9.17) is 9.84 Å². The van der Waals surface area contributed by atoms with Crippen molar-refractivity contribution in [3.8, 4) is 0 Å². The number of carboxylic acids is 1. The molecule has 0 radical (unpaired) electrons.